The largest absolute Gasteiger partial charge is 0.463 e. The van der Waals surface area contributed by atoms with Crippen LogP contribution in [0.25, 0.3) is 0 Å². The predicted octanol–water partition coefficient (Wildman–Crippen LogP) is -0.628. The summed E-state index contributed by atoms with van der Waals surface area (Å²) >= 11 is 0. The number of aryl methyl sites for hydroxylation is 1. The summed E-state index contributed by atoms with van der Waals surface area (Å²) in [6.07, 6.45) is 0.713. The van der Waals surface area contributed by atoms with Crippen molar-refractivity contribution >= 4 is 11.8 Å². The summed E-state index contributed by atoms with van der Waals surface area (Å²) in [5.74, 6) is -0.588. The van der Waals surface area contributed by atoms with Crippen LogP contribution in [0, 0.1) is 6.92 Å². The van der Waals surface area contributed by atoms with Crippen molar-refractivity contribution in [2.75, 3.05) is 6.61 Å². The topological polar surface area (TPSA) is 133 Å². The van der Waals surface area contributed by atoms with E-state index in [4.69, 9.17) is 15.2 Å². The molecule has 1 saturated heterocycles. The van der Waals surface area contributed by atoms with E-state index in [2.05, 4.69) is 4.98 Å². The molecule has 3 N–H and O–H groups in total. The van der Waals surface area contributed by atoms with Gasteiger partial charge in [-0.3, -0.25) is 19.1 Å². The second kappa shape index (κ2) is 7.54. The molecule has 0 radical (unpaired) electrons. The number of Topliss-reactive ketones (excluding diaryl/α,β-unsaturated/α-hetero) is 1. The van der Waals surface area contributed by atoms with Crippen LogP contribution in [0.5, 0.6) is 0 Å². The number of nitrogens with two attached hydrogens (primary N) is 1. The lowest BCUT2D eigenvalue weighted by atomic mass is 10.1. The third-order valence-corrected chi connectivity index (χ3v) is 3.83. The van der Waals surface area contributed by atoms with Crippen LogP contribution in [0.1, 0.15) is 38.0 Å². The van der Waals surface area contributed by atoms with Crippen LogP contribution in [-0.4, -0.2) is 40.1 Å². The number of nitrogens with one attached hydrogen (secondary N) is 1. The van der Waals surface area contributed by atoms with E-state index >= 15 is 0 Å². The average molecular weight is 339 g/mol. The predicted molar refractivity (Wildman–Crippen MR) is 83.4 cm³/mol. The molecule has 0 aromatic carbocycles. The zero-order valence-corrected chi connectivity index (χ0v) is 13.6. The Morgan fingerprint density at radius 3 is 2.79 bits per heavy atom. The maximum Gasteiger partial charge on any atom is 0.330 e. The van der Waals surface area contributed by atoms with Crippen molar-refractivity contribution in [1.82, 2.24) is 9.55 Å². The van der Waals surface area contributed by atoms with Crippen molar-refractivity contribution in [3.8, 4) is 0 Å². The van der Waals surface area contributed by atoms with Crippen LogP contribution in [0.2, 0.25) is 0 Å². The number of ketones is 1. The number of H-pyrrole nitrogens is 1. The third-order valence-electron chi connectivity index (χ3n) is 3.83. The maximum absolute atomic E-state index is 11.9. The molecule has 1 aromatic heterocycles. The van der Waals surface area contributed by atoms with Crippen LogP contribution >= 0.6 is 0 Å². The van der Waals surface area contributed by atoms with Gasteiger partial charge in [0.1, 0.15) is 24.7 Å². The molecule has 132 valence electrons. The lowest BCUT2D eigenvalue weighted by Crippen LogP contribution is -2.34. The van der Waals surface area contributed by atoms with E-state index in [1.54, 1.807) is 6.92 Å². The van der Waals surface area contributed by atoms with Gasteiger partial charge < -0.3 is 20.0 Å². The van der Waals surface area contributed by atoms with Gasteiger partial charge in [0.05, 0.1) is 6.42 Å². The number of esters is 1. The minimum atomic E-state index is -0.635. The van der Waals surface area contributed by atoms with E-state index in [9.17, 15) is 19.2 Å². The molecule has 1 aromatic rings. The zero-order chi connectivity index (χ0) is 17.9. The first-order chi connectivity index (χ1) is 11.3. The van der Waals surface area contributed by atoms with Gasteiger partial charge in [0.25, 0.3) is 5.56 Å². The van der Waals surface area contributed by atoms with E-state index in [1.165, 1.54) is 17.7 Å². The molecule has 9 nitrogen and oxygen atoms in total. The van der Waals surface area contributed by atoms with Crippen molar-refractivity contribution < 1.29 is 19.1 Å². The average Bonchev–Trinajstić information content (AvgIpc) is 2.87. The molecular formula is C15H21N3O6. The Kier molecular flexibility index (Phi) is 5.68. The smallest absolute Gasteiger partial charge is 0.330 e. The summed E-state index contributed by atoms with van der Waals surface area (Å²) in [5.41, 5.74) is 5.32. The zero-order valence-electron chi connectivity index (χ0n) is 13.6. The first kappa shape index (κ1) is 18.1. The summed E-state index contributed by atoms with van der Waals surface area (Å²) < 4.78 is 12.0. The van der Waals surface area contributed by atoms with Crippen LogP contribution in [0.4, 0.5) is 0 Å². The second-order valence-electron chi connectivity index (χ2n) is 5.89. The van der Waals surface area contributed by atoms with E-state index in [-0.39, 0.29) is 25.2 Å². The molecule has 1 fully saturated rings. The number of rotatable bonds is 6. The molecule has 1 unspecified atom stereocenters. The highest BCUT2D eigenvalue weighted by Gasteiger charge is 2.35. The molecule has 1 aliphatic rings. The molecule has 1 aliphatic heterocycles. The van der Waals surface area contributed by atoms with Gasteiger partial charge in [-0.05, 0) is 13.8 Å². The normalized spacial score (nSPS) is 23.2. The minimum absolute atomic E-state index is 0.0132. The Morgan fingerprint density at radius 1 is 1.42 bits per heavy atom. The highest BCUT2D eigenvalue weighted by molar-refractivity contribution is 5.80. The third kappa shape index (κ3) is 4.39. The summed E-state index contributed by atoms with van der Waals surface area (Å²) in [5, 5.41) is 0. The number of hydrogen-bond donors (Lipinski definition) is 2. The molecular weight excluding hydrogens is 318 g/mol. The minimum Gasteiger partial charge on any atom is -0.463 e. The van der Waals surface area contributed by atoms with Gasteiger partial charge in [-0.15, -0.1) is 0 Å². The molecule has 0 amide bonds. The van der Waals surface area contributed by atoms with Gasteiger partial charge >= 0.3 is 11.7 Å². The van der Waals surface area contributed by atoms with Gasteiger partial charge in [-0.1, -0.05) is 0 Å². The summed E-state index contributed by atoms with van der Waals surface area (Å²) in [4.78, 5) is 47.9. The highest BCUT2D eigenvalue weighted by atomic mass is 16.6. The van der Waals surface area contributed by atoms with Crippen molar-refractivity contribution in [3.63, 3.8) is 0 Å². The Balaban J connectivity index is 1.96. The summed E-state index contributed by atoms with van der Waals surface area (Å²) in [6.45, 7) is 2.93. The molecule has 0 saturated carbocycles. The SMILES string of the molecule is CC(=O)CCC(=O)OCC1O[C@@H](n2cc(C)c(=O)[nH]c2=O)C[C@@H]1N. The summed E-state index contributed by atoms with van der Waals surface area (Å²) in [6, 6.07) is -0.422. The van der Waals surface area contributed by atoms with Gasteiger partial charge in [0.2, 0.25) is 0 Å². The Hall–Kier alpha value is -2.26. The Morgan fingerprint density at radius 2 is 2.12 bits per heavy atom. The summed E-state index contributed by atoms with van der Waals surface area (Å²) in [7, 11) is 0. The van der Waals surface area contributed by atoms with Crippen LogP contribution < -0.4 is 17.0 Å². The molecule has 2 rings (SSSR count). The number of hydrogen-bond acceptors (Lipinski definition) is 7. The number of aromatic nitrogens is 2. The number of ether oxygens (including phenoxy) is 2. The first-order valence-corrected chi connectivity index (χ1v) is 7.66. The van der Waals surface area contributed by atoms with Crippen LogP contribution in [0.15, 0.2) is 15.8 Å². The van der Waals surface area contributed by atoms with Crippen molar-refractivity contribution in [2.24, 2.45) is 5.73 Å². The van der Waals surface area contributed by atoms with E-state index in [0.29, 0.717) is 12.0 Å². The molecule has 24 heavy (non-hydrogen) atoms. The van der Waals surface area contributed by atoms with Gasteiger partial charge in [-0.25, -0.2) is 4.79 Å². The standard InChI is InChI=1S/C15H21N3O6/c1-8-6-18(15(22)17-14(8)21)12-5-10(16)11(24-12)7-23-13(20)4-3-9(2)19/h6,10-12H,3-5,7,16H2,1-2H3,(H,17,21,22)/t10-,11?,12+/m0/s1. The lowest BCUT2D eigenvalue weighted by molar-refractivity contribution is -0.149. The van der Waals surface area contributed by atoms with Crippen LogP contribution in [-0.2, 0) is 19.1 Å². The molecule has 0 aliphatic carbocycles. The van der Waals surface area contributed by atoms with Crippen molar-refractivity contribution in [1.29, 1.82) is 0 Å². The Bertz CT molecular complexity index is 737. The molecule has 2 heterocycles. The monoisotopic (exact) mass is 339 g/mol. The fourth-order valence-electron chi connectivity index (χ4n) is 2.41. The fourth-order valence-corrected chi connectivity index (χ4v) is 2.41. The van der Waals surface area contributed by atoms with Gasteiger partial charge in [-0.2, -0.15) is 0 Å². The number of carbonyl (C=O) groups excluding carboxylic acids is 2. The fraction of sp³-hybridized carbons (Fsp3) is 0.600. The van der Waals surface area contributed by atoms with Crippen molar-refractivity contribution in [3.05, 3.63) is 32.6 Å². The van der Waals surface area contributed by atoms with E-state index in [1.807, 2.05) is 0 Å². The highest BCUT2D eigenvalue weighted by Crippen LogP contribution is 2.26. The van der Waals surface area contributed by atoms with E-state index < -0.39 is 35.6 Å². The maximum atomic E-state index is 11.9. The Labute approximate surface area is 137 Å². The van der Waals surface area contributed by atoms with Crippen LogP contribution in [0.3, 0.4) is 0 Å². The van der Waals surface area contributed by atoms with Gasteiger partial charge in [0, 0.05) is 30.6 Å². The number of carbonyl (C=O) groups is 2. The molecule has 0 bridgehead atoms. The number of nitrogens with zero attached hydrogens (tertiary/aromatic N) is 1. The quantitative estimate of drug-likeness (QED) is 0.659. The number of aromatic amines is 1. The molecule has 3 atom stereocenters. The lowest BCUT2D eigenvalue weighted by Gasteiger charge is -2.16. The molecule has 9 heteroatoms. The first-order valence-electron chi connectivity index (χ1n) is 7.66. The molecule has 0 spiro atoms. The van der Waals surface area contributed by atoms with E-state index in [0.717, 1.165) is 0 Å². The van der Waals surface area contributed by atoms with Crippen molar-refractivity contribution in [2.45, 2.75) is 51.5 Å². The second-order valence-corrected chi connectivity index (χ2v) is 5.89. The van der Waals surface area contributed by atoms with Gasteiger partial charge in [0.15, 0.2) is 0 Å².